The van der Waals surface area contributed by atoms with E-state index in [0.29, 0.717) is 36.5 Å². The summed E-state index contributed by atoms with van der Waals surface area (Å²) in [5.41, 5.74) is 1.69. The van der Waals surface area contributed by atoms with Gasteiger partial charge in [-0.2, -0.15) is 9.97 Å². The van der Waals surface area contributed by atoms with Gasteiger partial charge in [0, 0.05) is 32.4 Å². The van der Waals surface area contributed by atoms with E-state index in [9.17, 15) is 24.3 Å². The fourth-order valence-electron chi connectivity index (χ4n) is 7.60. The summed E-state index contributed by atoms with van der Waals surface area (Å²) in [4.78, 5) is 58.2. The van der Waals surface area contributed by atoms with Crippen LogP contribution in [-0.2, 0) is 32.3 Å². The maximum atomic E-state index is 11.7. The van der Waals surface area contributed by atoms with Crippen LogP contribution < -0.4 is 16.1 Å². The Bertz CT molecular complexity index is 1420. The molecule has 0 saturated heterocycles. The lowest BCUT2D eigenvalue weighted by molar-refractivity contribution is -0.137. The molecule has 17 nitrogen and oxygen atoms in total. The third-order valence-corrected chi connectivity index (χ3v) is 10.6. The van der Waals surface area contributed by atoms with Gasteiger partial charge >= 0.3 is 5.97 Å². The summed E-state index contributed by atoms with van der Waals surface area (Å²) in [6.07, 6.45) is 19.0. The van der Waals surface area contributed by atoms with E-state index in [4.69, 9.17) is 14.3 Å². The van der Waals surface area contributed by atoms with E-state index < -0.39 is 11.9 Å². The molecule has 0 aromatic carbocycles. The molecular formula is C38H65N9O8. The highest BCUT2D eigenvalue weighted by Crippen LogP contribution is 2.32. The first-order chi connectivity index (χ1) is 26.5. The maximum Gasteiger partial charge on any atom is 0.304 e. The number of carbonyl (C=O) groups is 4. The van der Waals surface area contributed by atoms with Gasteiger partial charge in [-0.15, -0.1) is 0 Å². The molecule has 55 heavy (non-hydrogen) atoms. The fraction of sp³-hybridized carbons (Fsp3) is 0.789. The Balaban J connectivity index is 0.000000296. The zero-order valence-electron chi connectivity index (χ0n) is 33.4. The SMILES string of the molecule is CNC(=O)CN(C)Cc1noc([C@H](CCCC2CCCCC2)CC(=O)NO)n1.CNC(=O)CN(C)Cc1noc([C@H](CCCC2CCCCC2)CC(=O)O)n1. The summed E-state index contributed by atoms with van der Waals surface area (Å²) in [5.74, 6) is 1.34. The zero-order chi connectivity index (χ0) is 40.0. The van der Waals surface area contributed by atoms with Crippen LogP contribution in [0.15, 0.2) is 9.05 Å². The topological polar surface area (TPSA) is 229 Å². The number of hydrogen-bond donors (Lipinski definition) is 5. The van der Waals surface area contributed by atoms with Crippen LogP contribution in [0.4, 0.5) is 0 Å². The van der Waals surface area contributed by atoms with Gasteiger partial charge in [0.05, 0.1) is 32.6 Å². The van der Waals surface area contributed by atoms with Gasteiger partial charge in [0.2, 0.25) is 29.5 Å². The van der Waals surface area contributed by atoms with Crippen LogP contribution >= 0.6 is 0 Å². The number of likely N-dealkylation sites (N-methyl/N-ethyl adjacent to an activating group) is 4. The average molecular weight is 776 g/mol. The average Bonchev–Trinajstić information content (AvgIpc) is 3.84. The molecule has 2 fully saturated rings. The highest BCUT2D eigenvalue weighted by Gasteiger charge is 2.25. The number of carbonyl (C=O) groups excluding carboxylic acids is 3. The van der Waals surface area contributed by atoms with Crippen molar-refractivity contribution in [2.45, 2.75) is 141 Å². The van der Waals surface area contributed by atoms with Gasteiger partial charge in [-0.1, -0.05) is 100 Å². The molecule has 2 aromatic heterocycles. The van der Waals surface area contributed by atoms with Gasteiger partial charge in [0.15, 0.2) is 11.6 Å². The standard InChI is InChI=1S/C19H33N5O4.C19H32N4O4/c1-20-18(26)13-24(2)12-16-21-19(28-23-16)15(11-17(25)22-27)10-6-9-14-7-4-3-5-8-14;1-20-17(24)13-23(2)12-16-21-19(27-22-16)15(11-18(25)26)10-6-9-14-7-4-3-5-8-14/h14-15,27H,3-13H2,1-2H3,(H,20,26)(H,22,25);14-15H,3-13H2,1-2H3,(H,20,24)(H,25,26)/t2*15-/m11/s1. The Hall–Kier alpha value is -3.96. The molecule has 0 bridgehead atoms. The predicted octanol–water partition coefficient (Wildman–Crippen LogP) is 4.53. The number of aliphatic carboxylic acids is 1. The van der Waals surface area contributed by atoms with Gasteiger partial charge in [-0.3, -0.25) is 34.2 Å². The largest absolute Gasteiger partial charge is 0.481 e. The number of hydroxylamine groups is 1. The molecule has 2 aliphatic carbocycles. The first kappa shape index (κ1) is 45.4. The predicted molar refractivity (Wildman–Crippen MR) is 203 cm³/mol. The second kappa shape index (κ2) is 25.2. The summed E-state index contributed by atoms with van der Waals surface area (Å²) >= 11 is 0. The van der Waals surface area contributed by atoms with Gasteiger partial charge in [0.25, 0.3) is 0 Å². The van der Waals surface area contributed by atoms with Crippen molar-refractivity contribution in [3.8, 4) is 0 Å². The molecule has 4 rings (SSSR count). The number of amides is 3. The first-order valence-electron chi connectivity index (χ1n) is 20.1. The van der Waals surface area contributed by atoms with Gasteiger partial charge < -0.3 is 24.8 Å². The van der Waals surface area contributed by atoms with Gasteiger partial charge in [0.1, 0.15) is 0 Å². The van der Waals surface area contributed by atoms with E-state index in [2.05, 4.69) is 30.9 Å². The Morgan fingerprint density at radius 3 is 1.49 bits per heavy atom. The van der Waals surface area contributed by atoms with Crippen molar-refractivity contribution in [1.29, 1.82) is 0 Å². The third-order valence-electron chi connectivity index (χ3n) is 10.6. The van der Waals surface area contributed by atoms with E-state index in [1.54, 1.807) is 43.5 Å². The van der Waals surface area contributed by atoms with E-state index >= 15 is 0 Å². The van der Waals surface area contributed by atoms with Crippen molar-refractivity contribution >= 4 is 23.7 Å². The molecule has 0 spiro atoms. The van der Waals surface area contributed by atoms with Crippen LogP contribution in [0.2, 0.25) is 0 Å². The molecular weight excluding hydrogens is 710 g/mol. The van der Waals surface area contributed by atoms with E-state index in [1.165, 1.54) is 64.2 Å². The van der Waals surface area contributed by atoms with E-state index in [0.717, 1.165) is 50.4 Å². The molecule has 2 saturated carbocycles. The number of nitrogens with zero attached hydrogens (tertiary/aromatic N) is 6. The molecule has 0 unspecified atom stereocenters. The molecule has 2 heterocycles. The molecule has 17 heteroatoms. The van der Waals surface area contributed by atoms with Crippen LogP contribution in [0.5, 0.6) is 0 Å². The first-order valence-corrected chi connectivity index (χ1v) is 20.1. The molecule has 2 aromatic rings. The molecule has 2 aliphatic rings. The third kappa shape index (κ3) is 18.0. The highest BCUT2D eigenvalue weighted by atomic mass is 16.5. The Labute approximate surface area is 325 Å². The molecule has 2 atom stereocenters. The monoisotopic (exact) mass is 775 g/mol. The Morgan fingerprint density at radius 2 is 1.11 bits per heavy atom. The van der Waals surface area contributed by atoms with Crippen LogP contribution in [0, 0.1) is 11.8 Å². The summed E-state index contributed by atoms with van der Waals surface area (Å²) in [6, 6.07) is 0. The number of hydrogen-bond acceptors (Lipinski definition) is 13. The normalized spacial score (nSPS) is 16.3. The van der Waals surface area contributed by atoms with Crippen LogP contribution in [0.1, 0.15) is 151 Å². The lowest BCUT2D eigenvalue weighted by atomic mass is 9.84. The lowest BCUT2D eigenvalue weighted by Gasteiger charge is -2.22. The lowest BCUT2D eigenvalue weighted by Crippen LogP contribution is -2.32. The second-order valence-electron chi connectivity index (χ2n) is 15.4. The van der Waals surface area contributed by atoms with Crippen molar-refractivity contribution in [2.75, 3.05) is 41.3 Å². The number of nitrogens with one attached hydrogen (secondary N) is 3. The molecule has 0 aliphatic heterocycles. The number of aromatic nitrogens is 4. The summed E-state index contributed by atoms with van der Waals surface area (Å²) in [6.45, 7) is 1.22. The van der Waals surface area contributed by atoms with Gasteiger partial charge in [-0.25, -0.2) is 5.48 Å². The van der Waals surface area contributed by atoms with Crippen molar-refractivity contribution < 1.29 is 38.5 Å². The zero-order valence-corrected chi connectivity index (χ0v) is 33.4. The number of carboxylic acid groups (broad SMARTS) is 1. The minimum Gasteiger partial charge on any atom is -0.481 e. The smallest absolute Gasteiger partial charge is 0.304 e. The van der Waals surface area contributed by atoms with E-state index in [-0.39, 0.29) is 49.6 Å². The quantitative estimate of drug-likeness (QED) is 0.0818. The van der Waals surface area contributed by atoms with Crippen LogP contribution in [-0.4, -0.2) is 105 Å². The van der Waals surface area contributed by atoms with Crippen molar-refractivity contribution in [2.24, 2.45) is 11.8 Å². The van der Waals surface area contributed by atoms with Crippen LogP contribution in [0.25, 0.3) is 0 Å². The van der Waals surface area contributed by atoms with E-state index in [1.807, 2.05) is 0 Å². The maximum absolute atomic E-state index is 11.7. The Kier molecular flexibility index (Phi) is 20.9. The Morgan fingerprint density at radius 1 is 0.691 bits per heavy atom. The molecule has 3 amide bonds. The minimum atomic E-state index is -0.853. The fourth-order valence-corrected chi connectivity index (χ4v) is 7.60. The van der Waals surface area contributed by atoms with Crippen LogP contribution in [0.3, 0.4) is 0 Å². The highest BCUT2D eigenvalue weighted by molar-refractivity contribution is 5.78. The van der Waals surface area contributed by atoms with Crippen molar-refractivity contribution in [3.05, 3.63) is 23.4 Å². The summed E-state index contributed by atoms with van der Waals surface area (Å²) in [7, 11) is 6.77. The van der Waals surface area contributed by atoms with Gasteiger partial charge in [-0.05, 0) is 38.8 Å². The number of carboxylic acids is 1. The summed E-state index contributed by atoms with van der Waals surface area (Å²) < 4.78 is 10.7. The molecule has 0 radical (unpaired) electrons. The van der Waals surface area contributed by atoms with Crippen molar-refractivity contribution in [3.63, 3.8) is 0 Å². The summed E-state index contributed by atoms with van der Waals surface area (Å²) in [5, 5.41) is 31.2. The number of rotatable bonds is 22. The van der Waals surface area contributed by atoms with Crippen molar-refractivity contribution in [1.82, 2.24) is 46.2 Å². The second-order valence-corrected chi connectivity index (χ2v) is 15.4. The molecule has 5 N–H and O–H groups in total. The minimum absolute atomic E-state index is 0.000377. The molecule has 310 valence electrons.